The van der Waals surface area contributed by atoms with Crippen LogP contribution in [0, 0.1) is 0 Å². The number of aryl methyl sites for hydroxylation is 1. The number of alkyl halides is 3. The van der Waals surface area contributed by atoms with E-state index in [1.54, 1.807) is 0 Å². The lowest BCUT2D eigenvalue weighted by molar-refractivity contribution is -0.120. The van der Waals surface area contributed by atoms with E-state index in [0.29, 0.717) is 17.8 Å². The zero-order valence-corrected chi connectivity index (χ0v) is 11.4. The fourth-order valence-corrected chi connectivity index (χ4v) is 1.58. The molecule has 0 atom stereocenters. The third-order valence-corrected chi connectivity index (χ3v) is 2.76. The zero-order valence-electron chi connectivity index (χ0n) is 11.4. The van der Waals surface area contributed by atoms with Gasteiger partial charge in [0.15, 0.2) is 11.6 Å². The highest BCUT2D eigenvalue weighted by Crippen LogP contribution is 2.24. The Morgan fingerprint density at radius 1 is 1.32 bits per heavy atom. The van der Waals surface area contributed by atoms with Gasteiger partial charge in [0, 0.05) is 23.6 Å². The fourth-order valence-electron chi connectivity index (χ4n) is 1.58. The highest BCUT2D eigenvalue weighted by molar-refractivity contribution is 6.05. The van der Waals surface area contributed by atoms with Gasteiger partial charge in [0.1, 0.15) is 0 Å². The summed E-state index contributed by atoms with van der Waals surface area (Å²) < 4.78 is 41.4. The summed E-state index contributed by atoms with van der Waals surface area (Å²) in [4.78, 5) is 15.7. The lowest BCUT2D eigenvalue weighted by Gasteiger charge is -2.04. The molecular formula is C14H11F3N2O3. The van der Waals surface area contributed by atoms with Crippen molar-refractivity contribution >= 4 is 5.78 Å². The Morgan fingerprint density at radius 2 is 1.95 bits per heavy atom. The van der Waals surface area contributed by atoms with Crippen LogP contribution in [0.15, 0.2) is 40.6 Å². The van der Waals surface area contributed by atoms with Gasteiger partial charge in [0.2, 0.25) is 5.76 Å². The van der Waals surface area contributed by atoms with Gasteiger partial charge >= 0.3 is 6.18 Å². The molecule has 0 saturated heterocycles. The summed E-state index contributed by atoms with van der Waals surface area (Å²) >= 11 is 0. The number of aliphatic hydroxyl groups excluding tert-OH is 1. The normalized spacial score (nSPS) is 12.5. The van der Waals surface area contributed by atoms with Gasteiger partial charge in [0.25, 0.3) is 5.89 Å². The van der Waals surface area contributed by atoms with Crippen molar-refractivity contribution in [2.75, 3.05) is 0 Å². The number of aliphatic hydroxyl groups is 1. The fraction of sp³-hybridized carbons (Fsp3) is 0.214. The summed E-state index contributed by atoms with van der Waals surface area (Å²) in [7, 11) is 0. The maximum atomic E-state index is 12.1. The molecule has 0 fully saturated rings. The molecule has 2 rings (SSSR count). The summed E-state index contributed by atoms with van der Waals surface area (Å²) in [5, 5.41) is 12.5. The number of hydrogen-bond acceptors (Lipinski definition) is 5. The Bertz CT molecular complexity index is 703. The first-order valence-electron chi connectivity index (χ1n) is 6.26. The molecule has 8 heteroatoms. The maximum Gasteiger partial charge on any atom is 0.448 e. The predicted molar refractivity (Wildman–Crippen MR) is 70.2 cm³/mol. The molecule has 0 saturated carbocycles. The SMILES string of the molecule is CCc1noc(-c2ccc(C(=O)C=C(O)C(F)(F)F)cc2)n1. The zero-order chi connectivity index (χ0) is 16.3. The summed E-state index contributed by atoms with van der Waals surface area (Å²) in [6.45, 7) is 1.86. The third kappa shape index (κ3) is 3.51. The van der Waals surface area contributed by atoms with Crippen molar-refractivity contribution in [2.24, 2.45) is 0 Å². The maximum absolute atomic E-state index is 12.1. The van der Waals surface area contributed by atoms with E-state index >= 15 is 0 Å². The third-order valence-electron chi connectivity index (χ3n) is 2.76. The molecule has 0 spiro atoms. The second-order valence-electron chi connectivity index (χ2n) is 4.34. The highest BCUT2D eigenvalue weighted by atomic mass is 19.4. The van der Waals surface area contributed by atoms with Crippen LogP contribution in [0.3, 0.4) is 0 Å². The number of allylic oxidation sites excluding steroid dienone is 2. The van der Waals surface area contributed by atoms with E-state index in [-0.39, 0.29) is 17.5 Å². The van der Waals surface area contributed by atoms with E-state index in [0.717, 1.165) is 0 Å². The summed E-state index contributed by atoms with van der Waals surface area (Å²) in [5.74, 6) is -2.12. The van der Waals surface area contributed by atoms with Crippen molar-refractivity contribution < 1.29 is 27.6 Å². The van der Waals surface area contributed by atoms with Gasteiger partial charge in [-0.1, -0.05) is 24.2 Å². The molecule has 5 nitrogen and oxygen atoms in total. The average Bonchev–Trinajstić information content (AvgIpc) is 2.95. The predicted octanol–water partition coefficient (Wildman–Crippen LogP) is 3.49. The van der Waals surface area contributed by atoms with E-state index in [2.05, 4.69) is 10.1 Å². The van der Waals surface area contributed by atoms with Crippen LogP contribution in [0.5, 0.6) is 0 Å². The number of benzene rings is 1. The topological polar surface area (TPSA) is 76.2 Å². The van der Waals surface area contributed by atoms with Crippen LogP contribution >= 0.6 is 0 Å². The molecule has 0 aliphatic heterocycles. The Hall–Kier alpha value is -2.64. The van der Waals surface area contributed by atoms with Gasteiger partial charge in [-0.05, 0) is 12.1 Å². The molecule has 1 aromatic heterocycles. The van der Waals surface area contributed by atoms with Crippen molar-refractivity contribution in [3.8, 4) is 11.5 Å². The summed E-state index contributed by atoms with van der Waals surface area (Å²) in [6, 6.07) is 5.57. The van der Waals surface area contributed by atoms with E-state index < -0.39 is 17.7 Å². The molecule has 1 N–H and O–H groups in total. The lowest BCUT2D eigenvalue weighted by Crippen LogP contribution is -2.13. The Labute approximate surface area is 123 Å². The average molecular weight is 312 g/mol. The van der Waals surface area contributed by atoms with Gasteiger partial charge in [-0.2, -0.15) is 18.2 Å². The molecule has 2 aromatic rings. The van der Waals surface area contributed by atoms with Crippen molar-refractivity contribution in [3.05, 3.63) is 47.5 Å². The monoisotopic (exact) mass is 312 g/mol. The van der Waals surface area contributed by atoms with Crippen LogP contribution in [0.2, 0.25) is 0 Å². The van der Waals surface area contributed by atoms with Crippen molar-refractivity contribution in [2.45, 2.75) is 19.5 Å². The largest absolute Gasteiger partial charge is 0.504 e. The molecule has 0 aliphatic rings. The minimum atomic E-state index is -4.95. The highest BCUT2D eigenvalue weighted by Gasteiger charge is 2.34. The number of nitrogens with zero attached hydrogens (tertiary/aromatic N) is 2. The smallest absolute Gasteiger partial charge is 0.448 e. The van der Waals surface area contributed by atoms with Crippen LogP contribution in [0.4, 0.5) is 13.2 Å². The first kappa shape index (κ1) is 15.7. The second kappa shape index (κ2) is 6.00. The van der Waals surface area contributed by atoms with Crippen LogP contribution < -0.4 is 0 Å². The molecule has 0 unspecified atom stereocenters. The summed E-state index contributed by atoms with van der Waals surface area (Å²) in [6.07, 6.45) is -4.21. The summed E-state index contributed by atoms with van der Waals surface area (Å²) in [5.41, 5.74) is 0.530. The van der Waals surface area contributed by atoms with Crippen LogP contribution in [-0.4, -0.2) is 27.2 Å². The second-order valence-corrected chi connectivity index (χ2v) is 4.34. The minimum Gasteiger partial charge on any atom is -0.504 e. The van der Waals surface area contributed by atoms with E-state index in [1.807, 2.05) is 6.92 Å². The number of carbonyl (C=O) groups is 1. The van der Waals surface area contributed by atoms with E-state index in [4.69, 9.17) is 9.63 Å². The molecule has 1 aromatic carbocycles. The number of ketones is 1. The van der Waals surface area contributed by atoms with E-state index in [1.165, 1.54) is 24.3 Å². The van der Waals surface area contributed by atoms with Crippen LogP contribution in [0.1, 0.15) is 23.1 Å². The van der Waals surface area contributed by atoms with Crippen molar-refractivity contribution in [1.29, 1.82) is 0 Å². The van der Waals surface area contributed by atoms with Gasteiger partial charge in [-0.3, -0.25) is 4.79 Å². The molecule has 116 valence electrons. The number of rotatable bonds is 4. The number of hydrogen-bond donors (Lipinski definition) is 1. The van der Waals surface area contributed by atoms with Gasteiger partial charge in [-0.15, -0.1) is 0 Å². The van der Waals surface area contributed by atoms with E-state index in [9.17, 15) is 18.0 Å². The van der Waals surface area contributed by atoms with Crippen LogP contribution in [0.25, 0.3) is 11.5 Å². The molecule has 0 radical (unpaired) electrons. The Kier molecular flexibility index (Phi) is 4.30. The quantitative estimate of drug-likeness (QED) is 0.531. The van der Waals surface area contributed by atoms with Crippen molar-refractivity contribution in [1.82, 2.24) is 10.1 Å². The number of halogens is 3. The Morgan fingerprint density at radius 3 is 2.45 bits per heavy atom. The number of carbonyl (C=O) groups excluding carboxylic acids is 1. The van der Waals surface area contributed by atoms with Crippen molar-refractivity contribution in [3.63, 3.8) is 0 Å². The minimum absolute atomic E-state index is 0.00483. The molecule has 1 heterocycles. The Balaban J connectivity index is 2.20. The molecule has 0 amide bonds. The number of aromatic nitrogens is 2. The molecule has 0 aliphatic carbocycles. The lowest BCUT2D eigenvalue weighted by atomic mass is 10.1. The molecule has 0 bridgehead atoms. The molecular weight excluding hydrogens is 301 g/mol. The van der Waals surface area contributed by atoms with Crippen LogP contribution in [-0.2, 0) is 6.42 Å². The van der Waals surface area contributed by atoms with Gasteiger partial charge in [0.05, 0.1) is 0 Å². The standard InChI is InChI=1S/C14H11F3N2O3/c1-2-12-18-13(22-19-12)9-5-3-8(4-6-9)10(20)7-11(21)14(15,16)17/h3-7,21H,2H2,1H3. The first-order chi connectivity index (χ1) is 10.3. The van der Waals surface area contributed by atoms with Gasteiger partial charge in [-0.25, -0.2) is 0 Å². The first-order valence-corrected chi connectivity index (χ1v) is 6.26. The van der Waals surface area contributed by atoms with Gasteiger partial charge < -0.3 is 9.63 Å². The molecule has 22 heavy (non-hydrogen) atoms.